The quantitative estimate of drug-likeness (QED) is 0.495. The van der Waals surface area contributed by atoms with Gasteiger partial charge in [0.1, 0.15) is 18.1 Å². The van der Waals surface area contributed by atoms with E-state index in [0.717, 1.165) is 0 Å². The maximum Gasteiger partial charge on any atom is 0.272 e. The zero-order valence-corrected chi connectivity index (χ0v) is 8.16. The minimum Gasteiger partial charge on any atom is -0.486 e. The molecule has 82 valence electrons. The van der Waals surface area contributed by atoms with Gasteiger partial charge in [-0.25, -0.2) is 13.8 Å². The van der Waals surface area contributed by atoms with Gasteiger partial charge < -0.3 is 9.94 Å². The number of hydrogen-bond acceptors (Lipinski definition) is 4. The van der Waals surface area contributed by atoms with Crippen LogP contribution in [0.4, 0.5) is 8.78 Å². The molecule has 0 amide bonds. The predicted octanol–water partition coefficient (Wildman–Crippen LogP) is 2.10. The molecule has 1 aromatic rings. The lowest BCUT2D eigenvalue weighted by Crippen LogP contribution is -2.07. The van der Waals surface area contributed by atoms with E-state index >= 15 is 0 Å². The van der Waals surface area contributed by atoms with Crippen molar-refractivity contribution in [1.29, 1.82) is 0 Å². The van der Waals surface area contributed by atoms with Gasteiger partial charge in [0.2, 0.25) is 0 Å². The summed E-state index contributed by atoms with van der Waals surface area (Å²) < 4.78 is 28.2. The van der Waals surface area contributed by atoms with Crippen LogP contribution in [0.3, 0.4) is 0 Å². The van der Waals surface area contributed by atoms with Crippen molar-refractivity contribution in [3.63, 3.8) is 0 Å². The molecule has 0 aliphatic heterocycles. The number of pyridine rings is 1. The second kappa shape index (κ2) is 5.45. The fourth-order valence-corrected chi connectivity index (χ4v) is 0.910. The molecule has 4 nitrogen and oxygen atoms in total. The molecule has 15 heavy (non-hydrogen) atoms. The molecule has 1 rings (SSSR count). The number of hydrogen-bond donors (Lipinski definition) is 1. The molecule has 7 heteroatoms. The Morgan fingerprint density at radius 1 is 1.60 bits per heavy atom. The highest BCUT2D eigenvalue weighted by molar-refractivity contribution is 6.69. The lowest BCUT2D eigenvalue weighted by atomic mass is 10.3. The lowest BCUT2D eigenvalue weighted by molar-refractivity contribution is 0.0817. The van der Waals surface area contributed by atoms with Crippen molar-refractivity contribution in [3.8, 4) is 5.75 Å². The summed E-state index contributed by atoms with van der Waals surface area (Å²) in [5.41, 5.74) is 0.226. The van der Waals surface area contributed by atoms with Crippen LogP contribution in [0.1, 0.15) is 5.69 Å². The van der Waals surface area contributed by atoms with Crippen molar-refractivity contribution in [2.24, 2.45) is 5.16 Å². The van der Waals surface area contributed by atoms with E-state index in [1.54, 1.807) is 0 Å². The molecule has 0 saturated carbocycles. The Bertz CT molecular complexity index is 343. The van der Waals surface area contributed by atoms with Gasteiger partial charge in [0.15, 0.2) is 5.17 Å². The van der Waals surface area contributed by atoms with E-state index < -0.39 is 13.0 Å². The molecule has 0 aliphatic carbocycles. The zero-order chi connectivity index (χ0) is 11.3. The molecule has 0 saturated heterocycles. The summed E-state index contributed by atoms with van der Waals surface area (Å²) in [4.78, 5) is 3.73. The average molecular weight is 237 g/mol. The Morgan fingerprint density at radius 3 is 2.80 bits per heavy atom. The van der Waals surface area contributed by atoms with Crippen LogP contribution in [-0.4, -0.2) is 28.4 Å². The molecule has 1 aromatic heterocycles. The maximum atomic E-state index is 11.8. The maximum absolute atomic E-state index is 11.8. The van der Waals surface area contributed by atoms with Gasteiger partial charge in [-0.3, -0.25) is 0 Å². The van der Waals surface area contributed by atoms with Crippen molar-refractivity contribution in [3.05, 3.63) is 24.0 Å². The highest BCUT2D eigenvalue weighted by atomic mass is 35.5. The lowest BCUT2D eigenvalue weighted by Gasteiger charge is -2.04. The van der Waals surface area contributed by atoms with E-state index in [0.29, 0.717) is 0 Å². The van der Waals surface area contributed by atoms with Gasteiger partial charge in [-0.2, -0.15) is 0 Å². The molecule has 1 N–H and O–H groups in total. The summed E-state index contributed by atoms with van der Waals surface area (Å²) in [7, 11) is 0. The minimum atomic E-state index is -2.53. The van der Waals surface area contributed by atoms with Gasteiger partial charge in [-0.15, -0.1) is 0 Å². The van der Waals surface area contributed by atoms with Crippen LogP contribution in [0.5, 0.6) is 5.75 Å². The molecule has 0 aliphatic rings. The number of nitrogens with zero attached hydrogens (tertiary/aromatic N) is 2. The SMILES string of the molecule is O/N=C(\Cl)c1ccc(OCC(F)F)cn1. The van der Waals surface area contributed by atoms with Crippen LogP contribution >= 0.6 is 11.6 Å². The summed E-state index contributed by atoms with van der Waals surface area (Å²) in [6.07, 6.45) is -1.32. The highest BCUT2D eigenvalue weighted by Gasteiger charge is 2.05. The van der Waals surface area contributed by atoms with Gasteiger partial charge >= 0.3 is 0 Å². The van der Waals surface area contributed by atoms with Crippen molar-refractivity contribution < 1.29 is 18.7 Å². The minimum absolute atomic E-state index is 0.185. The first kappa shape index (κ1) is 11.6. The van der Waals surface area contributed by atoms with Crippen LogP contribution in [-0.2, 0) is 0 Å². The second-order valence-corrected chi connectivity index (χ2v) is 2.83. The molecule has 0 atom stereocenters. The highest BCUT2D eigenvalue weighted by Crippen LogP contribution is 2.11. The van der Waals surface area contributed by atoms with E-state index in [4.69, 9.17) is 16.8 Å². The third-order valence-electron chi connectivity index (χ3n) is 1.41. The van der Waals surface area contributed by atoms with Crippen molar-refractivity contribution >= 4 is 16.8 Å². The smallest absolute Gasteiger partial charge is 0.272 e. The first-order chi connectivity index (χ1) is 7.13. The summed E-state index contributed by atoms with van der Waals surface area (Å²) in [5.74, 6) is 0.196. The van der Waals surface area contributed by atoms with Crippen LogP contribution in [0.25, 0.3) is 0 Å². The van der Waals surface area contributed by atoms with E-state index in [1.807, 2.05) is 0 Å². The topological polar surface area (TPSA) is 54.7 Å². The monoisotopic (exact) mass is 236 g/mol. The molecule has 1 heterocycles. The third-order valence-corrected chi connectivity index (χ3v) is 1.68. The molecular weight excluding hydrogens is 230 g/mol. The van der Waals surface area contributed by atoms with Crippen LogP contribution < -0.4 is 4.74 Å². The molecule has 0 unspecified atom stereocenters. The molecule has 0 fully saturated rings. The number of alkyl halides is 2. The zero-order valence-electron chi connectivity index (χ0n) is 7.40. The normalized spacial score (nSPS) is 11.9. The van der Waals surface area contributed by atoms with Crippen LogP contribution in [0.15, 0.2) is 23.5 Å². The fraction of sp³-hybridized carbons (Fsp3) is 0.250. The van der Waals surface area contributed by atoms with E-state index in [-0.39, 0.29) is 16.6 Å². The summed E-state index contributed by atoms with van der Waals surface area (Å²) in [5, 5.41) is 10.9. The number of rotatable bonds is 4. The Hall–Kier alpha value is -1.43. The van der Waals surface area contributed by atoms with Crippen LogP contribution in [0, 0.1) is 0 Å². The van der Waals surface area contributed by atoms with Gasteiger partial charge in [0, 0.05) is 0 Å². The largest absolute Gasteiger partial charge is 0.486 e. The fourth-order valence-electron chi connectivity index (χ4n) is 0.798. The van der Waals surface area contributed by atoms with Crippen molar-refractivity contribution in [2.75, 3.05) is 6.61 Å². The number of aromatic nitrogens is 1. The standard InChI is InChI=1S/C8H7ClF2N2O2/c9-8(13-14)6-2-1-5(3-12-6)15-4-7(10)11/h1-3,7,14H,4H2/b13-8-. The molecule has 0 radical (unpaired) electrons. The summed E-state index contributed by atoms with van der Waals surface area (Å²) >= 11 is 5.45. The Kier molecular flexibility index (Phi) is 4.23. The van der Waals surface area contributed by atoms with Gasteiger partial charge in [0.25, 0.3) is 6.43 Å². The van der Waals surface area contributed by atoms with Crippen molar-refractivity contribution in [1.82, 2.24) is 4.98 Å². The van der Waals surface area contributed by atoms with Gasteiger partial charge in [-0.05, 0) is 12.1 Å². The average Bonchev–Trinajstić information content (AvgIpc) is 2.26. The Morgan fingerprint density at radius 2 is 2.33 bits per heavy atom. The summed E-state index contributed by atoms with van der Waals surface area (Å²) in [6, 6.07) is 2.79. The van der Waals surface area contributed by atoms with E-state index in [2.05, 4.69) is 14.9 Å². The molecule has 0 spiro atoms. The molecule has 0 aromatic carbocycles. The number of halogens is 3. The number of oxime groups is 1. The van der Waals surface area contributed by atoms with Crippen LogP contribution in [0.2, 0.25) is 0 Å². The van der Waals surface area contributed by atoms with Gasteiger partial charge in [-0.1, -0.05) is 16.8 Å². The second-order valence-electron chi connectivity index (χ2n) is 2.47. The number of ether oxygens (including phenoxy) is 1. The Balaban J connectivity index is 2.64. The van der Waals surface area contributed by atoms with E-state index in [9.17, 15) is 8.78 Å². The predicted molar refractivity (Wildman–Crippen MR) is 49.9 cm³/mol. The van der Waals surface area contributed by atoms with Gasteiger partial charge in [0.05, 0.1) is 6.20 Å². The summed E-state index contributed by atoms with van der Waals surface area (Å²) in [6.45, 7) is -0.692. The van der Waals surface area contributed by atoms with E-state index in [1.165, 1.54) is 18.3 Å². The first-order valence-corrected chi connectivity index (χ1v) is 4.26. The Labute approximate surface area is 89.1 Å². The first-order valence-electron chi connectivity index (χ1n) is 3.88. The molecule has 0 bridgehead atoms. The third kappa shape index (κ3) is 3.67. The molecular formula is C8H7ClF2N2O2. The van der Waals surface area contributed by atoms with Crippen molar-refractivity contribution in [2.45, 2.75) is 6.43 Å².